The second kappa shape index (κ2) is 2.39. The summed E-state index contributed by atoms with van der Waals surface area (Å²) in [5, 5.41) is 0. The molecule has 0 aromatic heterocycles. The Morgan fingerprint density at radius 2 is 2.00 bits per heavy atom. The molecule has 40 valence electrons. The van der Waals surface area contributed by atoms with E-state index >= 15 is 0 Å². The number of allylic oxidation sites excluding steroid dienone is 2. The van der Waals surface area contributed by atoms with Crippen LogP contribution >= 0.6 is 0 Å². The minimum absolute atomic E-state index is 0.000000000000000444. The van der Waals surface area contributed by atoms with Crippen molar-refractivity contribution in [3.05, 3.63) is 11.8 Å². The number of hydrogen-bond acceptors (Lipinski definition) is 2. The fourth-order valence-corrected chi connectivity index (χ4v) is 0.321. The average molecular weight is 99.1 g/mol. The van der Waals surface area contributed by atoms with Crippen LogP contribution in [-0.2, 0) is 4.79 Å². The molecule has 0 aromatic carbocycles. The summed E-state index contributed by atoms with van der Waals surface area (Å²) in [5.41, 5.74) is 5.70. The quantitative estimate of drug-likeness (QED) is 0.484. The monoisotopic (exact) mass is 99.1 g/mol. The molecule has 0 rings (SSSR count). The molecule has 2 nitrogen and oxygen atoms in total. The number of carbonyl (C=O) groups is 1. The molecule has 2 heteroatoms. The van der Waals surface area contributed by atoms with E-state index in [4.69, 9.17) is 5.73 Å². The van der Waals surface area contributed by atoms with Gasteiger partial charge >= 0.3 is 0 Å². The first-order valence-corrected chi connectivity index (χ1v) is 2.07. The lowest BCUT2D eigenvalue weighted by Gasteiger charge is -1.81. The average Bonchev–Trinajstić information content (AvgIpc) is 1.27. The highest BCUT2D eigenvalue weighted by molar-refractivity contribution is 5.87. The Morgan fingerprint density at radius 3 is 2.00 bits per heavy atom. The van der Waals surface area contributed by atoms with Crippen LogP contribution in [-0.4, -0.2) is 5.78 Å². The molecule has 0 aromatic rings. The molecule has 0 saturated carbocycles. The van der Waals surface area contributed by atoms with E-state index in [1.54, 1.807) is 6.92 Å². The van der Waals surface area contributed by atoms with Crippen LogP contribution in [0.4, 0.5) is 0 Å². The summed E-state index contributed by atoms with van der Waals surface area (Å²) in [5.74, 6) is 0.000000000000000444. The van der Waals surface area contributed by atoms with E-state index in [9.17, 15) is 4.79 Å². The molecule has 0 aliphatic heterocycles. The highest BCUT2D eigenvalue weighted by atomic mass is 16.1. The van der Waals surface area contributed by atoms with Crippen LogP contribution in [0, 0.1) is 0 Å². The van der Waals surface area contributed by atoms with Gasteiger partial charge in [0, 0.05) is 5.70 Å². The maximum absolute atomic E-state index is 10.1. The number of ketones is 1. The van der Waals surface area contributed by atoms with Gasteiger partial charge in [-0.15, -0.1) is 0 Å². The zero-order chi connectivity index (χ0) is 5.86. The predicted molar refractivity (Wildman–Crippen MR) is 28.6 cm³/mol. The summed E-state index contributed by atoms with van der Waals surface area (Å²) in [6, 6.07) is 0. The van der Waals surface area contributed by atoms with Gasteiger partial charge in [0.2, 0.25) is 0 Å². The SMILES string of the molecule is CC(=O)/C=C(/C)N. The standard InChI is InChI=1S/C5H9NO/c1-4(6)3-5(2)7/h3H,6H2,1-2H3/b4-3-. The molecule has 0 amide bonds. The summed E-state index contributed by atoms with van der Waals surface area (Å²) >= 11 is 0. The van der Waals surface area contributed by atoms with Crippen LogP contribution in [0.2, 0.25) is 0 Å². The van der Waals surface area contributed by atoms with Crippen molar-refractivity contribution in [1.82, 2.24) is 0 Å². The van der Waals surface area contributed by atoms with Gasteiger partial charge < -0.3 is 5.73 Å². The third kappa shape index (κ3) is 5.21. The van der Waals surface area contributed by atoms with Gasteiger partial charge in [-0.05, 0) is 19.9 Å². The zero-order valence-electron chi connectivity index (χ0n) is 4.56. The van der Waals surface area contributed by atoms with E-state index in [0.29, 0.717) is 5.70 Å². The van der Waals surface area contributed by atoms with Crippen molar-refractivity contribution in [2.45, 2.75) is 13.8 Å². The smallest absolute Gasteiger partial charge is 0.154 e. The first kappa shape index (κ1) is 6.21. The van der Waals surface area contributed by atoms with E-state index in [0.717, 1.165) is 0 Å². The molecule has 0 spiro atoms. The number of nitrogens with two attached hydrogens (primary N) is 1. The fraction of sp³-hybridized carbons (Fsp3) is 0.400. The first-order chi connectivity index (χ1) is 3.13. The summed E-state index contributed by atoms with van der Waals surface area (Å²) in [6.45, 7) is 3.15. The number of hydrogen-bond donors (Lipinski definition) is 1. The Morgan fingerprint density at radius 1 is 1.57 bits per heavy atom. The lowest BCUT2D eigenvalue weighted by atomic mass is 10.3. The minimum Gasteiger partial charge on any atom is -0.402 e. The molecule has 2 N–H and O–H groups in total. The molecular formula is C5H9NO. The fourth-order valence-electron chi connectivity index (χ4n) is 0.321. The van der Waals surface area contributed by atoms with Gasteiger partial charge in [0.15, 0.2) is 5.78 Å². The van der Waals surface area contributed by atoms with E-state index < -0.39 is 0 Å². The number of rotatable bonds is 1. The van der Waals surface area contributed by atoms with E-state index in [-0.39, 0.29) is 5.78 Å². The van der Waals surface area contributed by atoms with E-state index in [1.165, 1.54) is 13.0 Å². The van der Waals surface area contributed by atoms with Crippen molar-refractivity contribution in [1.29, 1.82) is 0 Å². The van der Waals surface area contributed by atoms with Crippen molar-refractivity contribution >= 4 is 5.78 Å². The lowest BCUT2D eigenvalue weighted by molar-refractivity contribution is -0.112. The van der Waals surface area contributed by atoms with Gasteiger partial charge in [0.05, 0.1) is 0 Å². The molecule has 0 aliphatic rings. The normalized spacial score (nSPS) is 11.4. The van der Waals surface area contributed by atoms with Gasteiger partial charge in [0.25, 0.3) is 0 Å². The molecule has 0 atom stereocenters. The molecule has 0 bridgehead atoms. The van der Waals surface area contributed by atoms with E-state index in [1.807, 2.05) is 0 Å². The molecule has 0 radical (unpaired) electrons. The Balaban J connectivity index is 3.68. The molecule has 0 fully saturated rings. The maximum atomic E-state index is 10.1. The third-order valence-electron chi connectivity index (χ3n) is 0.431. The van der Waals surface area contributed by atoms with Gasteiger partial charge in [0.1, 0.15) is 0 Å². The zero-order valence-corrected chi connectivity index (χ0v) is 4.56. The van der Waals surface area contributed by atoms with Gasteiger partial charge in [-0.2, -0.15) is 0 Å². The van der Waals surface area contributed by atoms with Crippen LogP contribution in [0.3, 0.4) is 0 Å². The Kier molecular flexibility index (Phi) is 2.12. The van der Waals surface area contributed by atoms with Gasteiger partial charge in [-0.25, -0.2) is 0 Å². The van der Waals surface area contributed by atoms with Crippen molar-refractivity contribution in [2.75, 3.05) is 0 Å². The van der Waals surface area contributed by atoms with Crippen LogP contribution in [0.25, 0.3) is 0 Å². The maximum Gasteiger partial charge on any atom is 0.154 e. The van der Waals surface area contributed by atoms with Crippen LogP contribution in [0.1, 0.15) is 13.8 Å². The second-order valence-electron chi connectivity index (χ2n) is 1.50. The third-order valence-corrected chi connectivity index (χ3v) is 0.431. The van der Waals surface area contributed by atoms with Crippen molar-refractivity contribution in [2.24, 2.45) is 5.73 Å². The summed E-state index contributed by atoms with van der Waals surface area (Å²) < 4.78 is 0. The predicted octanol–water partition coefficient (Wildman–Crippen LogP) is 0.438. The summed E-state index contributed by atoms with van der Waals surface area (Å²) in [4.78, 5) is 10.1. The lowest BCUT2D eigenvalue weighted by Crippen LogP contribution is -1.93. The van der Waals surface area contributed by atoms with Crippen LogP contribution in [0.5, 0.6) is 0 Å². The largest absolute Gasteiger partial charge is 0.402 e. The molecule has 7 heavy (non-hydrogen) atoms. The van der Waals surface area contributed by atoms with Crippen molar-refractivity contribution < 1.29 is 4.79 Å². The minimum atomic E-state index is 0.000000000000000444. The van der Waals surface area contributed by atoms with Crippen LogP contribution < -0.4 is 5.73 Å². The van der Waals surface area contributed by atoms with Crippen molar-refractivity contribution in [3.63, 3.8) is 0 Å². The highest BCUT2D eigenvalue weighted by Crippen LogP contribution is 1.78. The first-order valence-electron chi connectivity index (χ1n) is 2.07. The van der Waals surface area contributed by atoms with Crippen molar-refractivity contribution in [3.8, 4) is 0 Å². The second-order valence-corrected chi connectivity index (χ2v) is 1.50. The molecule has 0 aliphatic carbocycles. The Labute approximate surface area is 43.0 Å². The Bertz CT molecular complexity index is 101. The highest BCUT2D eigenvalue weighted by Gasteiger charge is 1.80. The van der Waals surface area contributed by atoms with Gasteiger partial charge in [-0.3, -0.25) is 4.79 Å². The summed E-state index contributed by atoms with van der Waals surface area (Å²) in [7, 11) is 0. The molecule has 0 saturated heterocycles. The molecule has 0 unspecified atom stereocenters. The van der Waals surface area contributed by atoms with E-state index in [2.05, 4.69) is 0 Å². The molecular weight excluding hydrogens is 90.1 g/mol. The Hall–Kier alpha value is -0.790. The topological polar surface area (TPSA) is 43.1 Å². The van der Waals surface area contributed by atoms with Crippen LogP contribution in [0.15, 0.2) is 11.8 Å². The number of carbonyl (C=O) groups excluding carboxylic acids is 1. The summed E-state index contributed by atoms with van der Waals surface area (Å²) in [6.07, 6.45) is 1.39. The molecule has 0 heterocycles. The van der Waals surface area contributed by atoms with Gasteiger partial charge in [-0.1, -0.05) is 0 Å².